The van der Waals surface area contributed by atoms with Crippen LogP contribution in [0.5, 0.6) is 23.0 Å². The number of nitro benzene ring substituents is 1. The second-order valence-corrected chi connectivity index (χ2v) is 6.91. The van der Waals surface area contributed by atoms with E-state index >= 15 is 0 Å². The summed E-state index contributed by atoms with van der Waals surface area (Å²) in [4.78, 5) is 35.4. The lowest BCUT2D eigenvalue weighted by Crippen LogP contribution is -2.09. The minimum Gasteiger partial charge on any atom is -0.497 e. The summed E-state index contributed by atoms with van der Waals surface area (Å²) in [7, 11) is 2.92. The van der Waals surface area contributed by atoms with E-state index in [1.54, 1.807) is 36.4 Å². The Kier molecular flexibility index (Phi) is 5.77. The Bertz CT molecular complexity index is 1310. The van der Waals surface area contributed by atoms with Crippen molar-refractivity contribution in [3.63, 3.8) is 0 Å². The van der Waals surface area contributed by atoms with Crippen molar-refractivity contribution in [1.29, 1.82) is 0 Å². The number of ketones is 1. The summed E-state index contributed by atoms with van der Waals surface area (Å²) in [6.45, 7) is 0. The molecule has 0 amide bonds. The Labute approximate surface area is 187 Å². The number of rotatable bonds is 6. The number of nitrogens with zero attached hydrogens (tertiary/aromatic N) is 1. The van der Waals surface area contributed by atoms with Gasteiger partial charge in [0.2, 0.25) is 5.78 Å². The summed E-state index contributed by atoms with van der Waals surface area (Å²) in [6.07, 6.45) is 1.55. The predicted octanol–water partition coefficient (Wildman–Crippen LogP) is 4.45. The standard InChI is InChI=1S/C24H17NO8/c1-30-17-7-8-18-20(13-17)32-22(23(18)26)11-14-6-9-19(21(10-14)31-2)33-24(27)15-4-3-5-16(12-15)25(28)29/h3-13H,1-2H3/b22-11-. The van der Waals surface area contributed by atoms with Crippen molar-refractivity contribution < 1.29 is 33.5 Å². The summed E-state index contributed by atoms with van der Waals surface area (Å²) >= 11 is 0. The number of fused-ring (bicyclic) bond motifs is 1. The minimum absolute atomic E-state index is 0.0237. The van der Waals surface area contributed by atoms with Gasteiger partial charge in [-0.1, -0.05) is 12.1 Å². The Morgan fingerprint density at radius 1 is 1.00 bits per heavy atom. The van der Waals surface area contributed by atoms with Gasteiger partial charge >= 0.3 is 5.97 Å². The fraction of sp³-hybridized carbons (Fsp3) is 0.0833. The van der Waals surface area contributed by atoms with Gasteiger partial charge in [-0.25, -0.2) is 4.79 Å². The molecular weight excluding hydrogens is 430 g/mol. The van der Waals surface area contributed by atoms with Crippen LogP contribution < -0.4 is 18.9 Å². The number of benzene rings is 3. The zero-order valence-electron chi connectivity index (χ0n) is 17.6. The van der Waals surface area contributed by atoms with E-state index in [2.05, 4.69) is 0 Å². The van der Waals surface area contributed by atoms with Crippen LogP contribution in [-0.2, 0) is 0 Å². The summed E-state index contributed by atoms with van der Waals surface area (Å²) in [5.41, 5.74) is 0.801. The van der Waals surface area contributed by atoms with Crippen LogP contribution in [0.15, 0.2) is 66.4 Å². The van der Waals surface area contributed by atoms with E-state index in [0.29, 0.717) is 22.6 Å². The van der Waals surface area contributed by atoms with E-state index in [9.17, 15) is 19.7 Å². The number of ether oxygens (including phenoxy) is 4. The molecule has 33 heavy (non-hydrogen) atoms. The summed E-state index contributed by atoms with van der Waals surface area (Å²) in [6, 6.07) is 14.8. The number of allylic oxidation sites excluding steroid dienone is 1. The highest BCUT2D eigenvalue weighted by Gasteiger charge is 2.28. The molecule has 1 aliphatic rings. The second-order valence-electron chi connectivity index (χ2n) is 6.91. The number of Topliss-reactive ketones (excluding diaryl/α,β-unsaturated/α-hetero) is 1. The molecule has 0 aliphatic carbocycles. The lowest BCUT2D eigenvalue weighted by molar-refractivity contribution is -0.384. The van der Waals surface area contributed by atoms with Crippen molar-refractivity contribution in [2.24, 2.45) is 0 Å². The van der Waals surface area contributed by atoms with E-state index in [1.165, 1.54) is 38.5 Å². The number of esters is 1. The van der Waals surface area contributed by atoms with Crippen LogP contribution >= 0.6 is 0 Å². The van der Waals surface area contributed by atoms with Crippen molar-refractivity contribution in [3.05, 3.63) is 93.2 Å². The third-order valence-corrected chi connectivity index (χ3v) is 4.86. The van der Waals surface area contributed by atoms with Gasteiger partial charge in [-0.15, -0.1) is 0 Å². The molecule has 0 atom stereocenters. The van der Waals surface area contributed by atoms with Crippen LogP contribution in [0.25, 0.3) is 6.08 Å². The van der Waals surface area contributed by atoms with E-state index in [1.807, 2.05) is 0 Å². The Balaban J connectivity index is 1.56. The quantitative estimate of drug-likeness (QED) is 0.179. The third-order valence-electron chi connectivity index (χ3n) is 4.86. The summed E-state index contributed by atoms with van der Waals surface area (Å²) in [5.74, 6) is 0.395. The first-order valence-electron chi connectivity index (χ1n) is 9.66. The average Bonchev–Trinajstić information content (AvgIpc) is 3.14. The Morgan fingerprint density at radius 2 is 1.82 bits per heavy atom. The number of hydrogen-bond acceptors (Lipinski definition) is 8. The van der Waals surface area contributed by atoms with Crippen LogP contribution in [0.2, 0.25) is 0 Å². The van der Waals surface area contributed by atoms with Gasteiger partial charge in [0.25, 0.3) is 5.69 Å². The molecule has 0 fully saturated rings. The number of carbonyl (C=O) groups excluding carboxylic acids is 2. The third kappa shape index (κ3) is 4.38. The summed E-state index contributed by atoms with van der Waals surface area (Å²) < 4.78 is 21.5. The first kappa shape index (κ1) is 21.6. The van der Waals surface area contributed by atoms with Crippen molar-refractivity contribution >= 4 is 23.5 Å². The maximum atomic E-state index is 12.6. The van der Waals surface area contributed by atoms with Crippen LogP contribution in [-0.4, -0.2) is 30.9 Å². The van der Waals surface area contributed by atoms with Crippen LogP contribution in [0, 0.1) is 10.1 Å². The van der Waals surface area contributed by atoms with E-state index < -0.39 is 10.9 Å². The molecule has 3 aromatic rings. The lowest BCUT2D eigenvalue weighted by atomic mass is 10.1. The number of nitro groups is 1. The molecule has 0 radical (unpaired) electrons. The molecule has 166 valence electrons. The predicted molar refractivity (Wildman–Crippen MR) is 117 cm³/mol. The molecule has 0 bridgehead atoms. The molecule has 1 aliphatic heterocycles. The molecule has 0 aromatic heterocycles. The van der Waals surface area contributed by atoms with Gasteiger partial charge in [0.05, 0.1) is 30.3 Å². The molecule has 0 spiro atoms. The fourth-order valence-electron chi connectivity index (χ4n) is 3.21. The van der Waals surface area contributed by atoms with Crippen LogP contribution in [0.3, 0.4) is 0 Å². The highest BCUT2D eigenvalue weighted by Crippen LogP contribution is 2.36. The zero-order chi connectivity index (χ0) is 23.5. The lowest BCUT2D eigenvalue weighted by Gasteiger charge is -2.10. The van der Waals surface area contributed by atoms with Gasteiger partial charge in [0.15, 0.2) is 17.3 Å². The smallest absolute Gasteiger partial charge is 0.343 e. The Hall–Kier alpha value is -4.66. The highest BCUT2D eigenvalue weighted by atomic mass is 16.6. The minimum atomic E-state index is -0.776. The fourth-order valence-corrected chi connectivity index (χ4v) is 3.21. The molecular formula is C24H17NO8. The monoisotopic (exact) mass is 447 g/mol. The van der Waals surface area contributed by atoms with Crippen molar-refractivity contribution in [2.75, 3.05) is 14.2 Å². The maximum absolute atomic E-state index is 12.6. The van der Waals surface area contributed by atoms with Crippen molar-refractivity contribution in [2.45, 2.75) is 0 Å². The SMILES string of the molecule is COc1ccc2c(c1)O/C(=C\c1ccc(OC(=O)c3cccc([N+](=O)[O-])c3)c(OC)c1)C2=O. The number of carbonyl (C=O) groups is 2. The molecule has 0 saturated carbocycles. The normalized spacial score (nSPS) is 13.3. The largest absolute Gasteiger partial charge is 0.497 e. The number of hydrogen-bond donors (Lipinski definition) is 0. The second kappa shape index (κ2) is 8.83. The average molecular weight is 447 g/mol. The number of methoxy groups -OCH3 is 2. The Morgan fingerprint density at radius 3 is 2.55 bits per heavy atom. The van der Waals surface area contributed by atoms with E-state index in [4.69, 9.17) is 18.9 Å². The van der Waals surface area contributed by atoms with Gasteiger partial charge in [-0.3, -0.25) is 14.9 Å². The molecule has 9 heteroatoms. The molecule has 3 aromatic carbocycles. The zero-order valence-corrected chi connectivity index (χ0v) is 17.6. The highest BCUT2D eigenvalue weighted by molar-refractivity contribution is 6.14. The first-order chi connectivity index (χ1) is 15.9. The van der Waals surface area contributed by atoms with Crippen LogP contribution in [0.1, 0.15) is 26.3 Å². The van der Waals surface area contributed by atoms with Crippen molar-refractivity contribution in [3.8, 4) is 23.0 Å². The maximum Gasteiger partial charge on any atom is 0.343 e. The first-order valence-corrected chi connectivity index (χ1v) is 9.66. The van der Waals surface area contributed by atoms with Gasteiger partial charge in [-0.05, 0) is 42.0 Å². The molecule has 1 heterocycles. The van der Waals surface area contributed by atoms with Crippen molar-refractivity contribution in [1.82, 2.24) is 0 Å². The van der Waals surface area contributed by atoms with Gasteiger partial charge in [0.1, 0.15) is 11.5 Å². The molecule has 0 saturated heterocycles. The molecule has 9 nitrogen and oxygen atoms in total. The van der Waals surface area contributed by atoms with Gasteiger partial charge in [0, 0.05) is 18.2 Å². The van der Waals surface area contributed by atoms with Gasteiger partial charge < -0.3 is 18.9 Å². The van der Waals surface area contributed by atoms with E-state index in [-0.39, 0.29) is 34.3 Å². The number of non-ortho nitro benzene ring substituents is 1. The summed E-state index contributed by atoms with van der Waals surface area (Å²) in [5, 5.41) is 10.9. The van der Waals surface area contributed by atoms with Crippen LogP contribution in [0.4, 0.5) is 5.69 Å². The molecule has 0 unspecified atom stereocenters. The van der Waals surface area contributed by atoms with Gasteiger partial charge in [-0.2, -0.15) is 0 Å². The molecule has 0 N–H and O–H groups in total. The molecule has 4 rings (SSSR count). The van der Waals surface area contributed by atoms with E-state index in [0.717, 1.165) is 6.07 Å². The topological polar surface area (TPSA) is 114 Å².